The van der Waals surface area contributed by atoms with Gasteiger partial charge in [0.2, 0.25) is 0 Å². The lowest BCUT2D eigenvalue weighted by Crippen LogP contribution is -2.03. The van der Waals surface area contributed by atoms with Gasteiger partial charge < -0.3 is 0 Å². The Morgan fingerprint density at radius 3 is 1.92 bits per heavy atom. The summed E-state index contributed by atoms with van der Waals surface area (Å²) in [7, 11) is 0. The molecule has 0 rings (SSSR count). The molecule has 0 aliphatic heterocycles. The maximum atomic E-state index is 2.37. The molecular formula is C12H28. The predicted molar refractivity (Wildman–Crippen MR) is 59.5 cm³/mol. The van der Waals surface area contributed by atoms with E-state index in [1.807, 2.05) is 0 Å². The highest BCUT2D eigenvalue weighted by molar-refractivity contribution is 4.56. The molecule has 0 unspecified atom stereocenters. The first-order chi connectivity index (χ1) is 5.18. The van der Waals surface area contributed by atoms with E-state index in [9.17, 15) is 0 Å². The SMILES string of the molecule is C.CCCCCC[C@@H](C)C(C)C. The van der Waals surface area contributed by atoms with Gasteiger partial charge in [0.25, 0.3) is 0 Å². The Bertz CT molecular complexity index is 74.1. The van der Waals surface area contributed by atoms with Crippen LogP contribution >= 0.6 is 0 Å². The summed E-state index contributed by atoms with van der Waals surface area (Å²) in [6.07, 6.45) is 7.08. The van der Waals surface area contributed by atoms with Gasteiger partial charge in [-0.25, -0.2) is 0 Å². The van der Waals surface area contributed by atoms with Crippen LogP contribution in [0, 0.1) is 11.8 Å². The minimum Gasteiger partial charge on any atom is -0.0776 e. The molecule has 0 nitrogen and oxygen atoms in total. The van der Waals surface area contributed by atoms with Crippen molar-refractivity contribution in [3.05, 3.63) is 0 Å². The fraction of sp³-hybridized carbons (Fsp3) is 1.00. The Balaban J connectivity index is 0. The van der Waals surface area contributed by atoms with Crippen molar-refractivity contribution in [1.82, 2.24) is 0 Å². The molecule has 0 aromatic carbocycles. The second-order valence-corrected chi connectivity index (χ2v) is 4.07. The van der Waals surface area contributed by atoms with Crippen LogP contribution in [0.25, 0.3) is 0 Å². The number of rotatable bonds is 6. The van der Waals surface area contributed by atoms with Crippen molar-refractivity contribution in [2.45, 2.75) is 67.2 Å². The first-order valence-electron chi connectivity index (χ1n) is 5.18. The summed E-state index contributed by atoms with van der Waals surface area (Å²) in [6.45, 7) is 9.29. The van der Waals surface area contributed by atoms with Crippen molar-refractivity contribution >= 4 is 0 Å². The van der Waals surface area contributed by atoms with Crippen LogP contribution in [-0.4, -0.2) is 0 Å². The van der Waals surface area contributed by atoms with E-state index < -0.39 is 0 Å². The fourth-order valence-electron chi connectivity index (χ4n) is 1.23. The largest absolute Gasteiger partial charge is 0.0776 e. The fourth-order valence-corrected chi connectivity index (χ4v) is 1.23. The molecule has 0 radical (unpaired) electrons. The quantitative estimate of drug-likeness (QED) is 0.501. The molecule has 0 aromatic heterocycles. The van der Waals surface area contributed by atoms with E-state index in [-0.39, 0.29) is 7.43 Å². The first-order valence-corrected chi connectivity index (χ1v) is 5.18. The molecule has 0 spiro atoms. The number of unbranched alkanes of at least 4 members (excludes halogenated alkanes) is 3. The summed E-state index contributed by atoms with van der Waals surface area (Å²) in [5, 5.41) is 0. The van der Waals surface area contributed by atoms with Crippen molar-refractivity contribution in [3.63, 3.8) is 0 Å². The maximum absolute atomic E-state index is 2.37. The molecule has 0 bridgehead atoms. The lowest BCUT2D eigenvalue weighted by molar-refractivity contribution is 0.376. The highest BCUT2D eigenvalue weighted by Gasteiger charge is 2.05. The lowest BCUT2D eigenvalue weighted by Gasteiger charge is -2.14. The van der Waals surface area contributed by atoms with E-state index in [1.54, 1.807) is 0 Å². The molecule has 0 amide bonds. The van der Waals surface area contributed by atoms with Crippen LogP contribution in [0.2, 0.25) is 0 Å². The Kier molecular flexibility index (Phi) is 11.0. The first kappa shape index (κ1) is 14.5. The zero-order valence-corrected chi connectivity index (χ0v) is 8.69. The van der Waals surface area contributed by atoms with Gasteiger partial charge in [-0.15, -0.1) is 0 Å². The van der Waals surface area contributed by atoms with Gasteiger partial charge in [0.05, 0.1) is 0 Å². The standard InChI is InChI=1S/C11H24.CH4/c1-5-6-7-8-9-11(4)10(2)3;/h10-11H,5-9H2,1-4H3;1H4/t11-;/m1./s1. The molecular weight excluding hydrogens is 144 g/mol. The predicted octanol–water partition coefficient (Wildman–Crippen LogP) is 4.89. The van der Waals surface area contributed by atoms with Crippen molar-refractivity contribution in [2.24, 2.45) is 11.8 Å². The highest BCUT2D eigenvalue weighted by Crippen LogP contribution is 2.17. The summed E-state index contributed by atoms with van der Waals surface area (Å²) in [5.41, 5.74) is 0. The molecule has 0 fully saturated rings. The normalized spacial score (nSPS) is 12.8. The minimum absolute atomic E-state index is 0. The van der Waals surface area contributed by atoms with E-state index in [2.05, 4.69) is 27.7 Å². The third kappa shape index (κ3) is 8.10. The molecule has 0 aliphatic carbocycles. The zero-order chi connectivity index (χ0) is 8.69. The van der Waals surface area contributed by atoms with E-state index >= 15 is 0 Å². The molecule has 0 aromatic rings. The van der Waals surface area contributed by atoms with Gasteiger partial charge in [0.1, 0.15) is 0 Å². The van der Waals surface area contributed by atoms with Crippen molar-refractivity contribution in [3.8, 4) is 0 Å². The molecule has 0 saturated heterocycles. The zero-order valence-electron chi connectivity index (χ0n) is 8.69. The Morgan fingerprint density at radius 1 is 0.917 bits per heavy atom. The van der Waals surface area contributed by atoms with Crippen molar-refractivity contribution < 1.29 is 0 Å². The molecule has 0 heterocycles. The number of hydrogen-bond acceptors (Lipinski definition) is 0. The van der Waals surface area contributed by atoms with Crippen LogP contribution in [-0.2, 0) is 0 Å². The molecule has 76 valence electrons. The Hall–Kier alpha value is 0. The third-order valence-corrected chi connectivity index (χ3v) is 2.65. The van der Waals surface area contributed by atoms with E-state index in [4.69, 9.17) is 0 Å². The van der Waals surface area contributed by atoms with Gasteiger partial charge in [0.15, 0.2) is 0 Å². The maximum Gasteiger partial charge on any atom is -0.0420 e. The van der Waals surface area contributed by atoms with Crippen LogP contribution in [0.4, 0.5) is 0 Å². The average Bonchev–Trinajstić information content (AvgIpc) is 1.97. The second kappa shape index (κ2) is 9.09. The summed E-state index contributed by atoms with van der Waals surface area (Å²) in [5.74, 6) is 1.79. The summed E-state index contributed by atoms with van der Waals surface area (Å²) in [6, 6.07) is 0. The summed E-state index contributed by atoms with van der Waals surface area (Å²) in [4.78, 5) is 0. The molecule has 1 atom stereocenters. The highest BCUT2D eigenvalue weighted by atomic mass is 14.1. The topological polar surface area (TPSA) is 0 Å². The Morgan fingerprint density at radius 2 is 1.50 bits per heavy atom. The van der Waals surface area contributed by atoms with Crippen LogP contribution in [0.15, 0.2) is 0 Å². The van der Waals surface area contributed by atoms with Gasteiger partial charge in [0, 0.05) is 0 Å². The second-order valence-electron chi connectivity index (χ2n) is 4.07. The lowest BCUT2D eigenvalue weighted by atomic mass is 9.92. The van der Waals surface area contributed by atoms with Crippen LogP contribution < -0.4 is 0 Å². The molecule has 12 heavy (non-hydrogen) atoms. The van der Waals surface area contributed by atoms with Gasteiger partial charge >= 0.3 is 0 Å². The van der Waals surface area contributed by atoms with Crippen LogP contribution in [0.5, 0.6) is 0 Å². The summed E-state index contributed by atoms with van der Waals surface area (Å²) >= 11 is 0. The summed E-state index contributed by atoms with van der Waals surface area (Å²) < 4.78 is 0. The molecule has 0 saturated carbocycles. The van der Waals surface area contributed by atoms with E-state index in [0.29, 0.717) is 0 Å². The van der Waals surface area contributed by atoms with Gasteiger partial charge in [-0.05, 0) is 11.8 Å². The Labute approximate surface area is 79.8 Å². The molecule has 0 N–H and O–H groups in total. The third-order valence-electron chi connectivity index (χ3n) is 2.65. The number of hydrogen-bond donors (Lipinski definition) is 0. The van der Waals surface area contributed by atoms with Gasteiger partial charge in [-0.2, -0.15) is 0 Å². The minimum atomic E-state index is 0. The van der Waals surface area contributed by atoms with Crippen molar-refractivity contribution in [1.29, 1.82) is 0 Å². The monoisotopic (exact) mass is 172 g/mol. The van der Waals surface area contributed by atoms with Crippen LogP contribution in [0.3, 0.4) is 0 Å². The van der Waals surface area contributed by atoms with Gasteiger partial charge in [-0.3, -0.25) is 0 Å². The van der Waals surface area contributed by atoms with Crippen LogP contribution in [0.1, 0.15) is 67.2 Å². The molecule has 0 aliphatic rings. The smallest absolute Gasteiger partial charge is 0.0420 e. The van der Waals surface area contributed by atoms with E-state index in [1.165, 1.54) is 32.1 Å². The average molecular weight is 172 g/mol. The molecule has 0 heteroatoms. The van der Waals surface area contributed by atoms with Crippen molar-refractivity contribution in [2.75, 3.05) is 0 Å². The van der Waals surface area contributed by atoms with E-state index in [0.717, 1.165) is 11.8 Å². The van der Waals surface area contributed by atoms with Gasteiger partial charge in [-0.1, -0.05) is 67.2 Å².